The number of nitrogens with zero attached hydrogens (tertiary/aromatic N) is 1. The van der Waals surface area contributed by atoms with Gasteiger partial charge in [-0.1, -0.05) is 17.7 Å². The second-order valence-electron chi connectivity index (χ2n) is 5.83. The zero-order chi connectivity index (χ0) is 16.8. The molecular formula is C18H24N2O3. The van der Waals surface area contributed by atoms with Crippen LogP contribution in [0.25, 0.3) is 0 Å². The highest BCUT2D eigenvalue weighted by molar-refractivity contribution is 5.77. The van der Waals surface area contributed by atoms with E-state index in [0.29, 0.717) is 12.3 Å². The summed E-state index contributed by atoms with van der Waals surface area (Å²) >= 11 is 0. The van der Waals surface area contributed by atoms with Crippen molar-refractivity contribution < 1.29 is 13.9 Å². The molecule has 0 radical (unpaired) electrons. The van der Waals surface area contributed by atoms with Gasteiger partial charge in [-0.2, -0.15) is 0 Å². The normalized spacial score (nSPS) is 12.2. The van der Waals surface area contributed by atoms with Crippen LogP contribution in [0.15, 0.2) is 40.8 Å². The molecular weight excluding hydrogens is 292 g/mol. The van der Waals surface area contributed by atoms with Crippen LogP contribution in [0.2, 0.25) is 0 Å². The summed E-state index contributed by atoms with van der Waals surface area (Å²) in [5.74, 6) is 2.24. The first-order chi connectivity index (χ1) is 11.0. The van der Waals surface area contributed by atoms with Crippen LogP contribution in [0.5, 0.6) is 5.75 Å². The number of hydrogen-bond acceptors (Lipinski definition) is 4. The summed E-state index contributed by atoms with van der Waals surface area (Å²) in [7, 11) is 3.91. The van der Waals surface area contributed by atoms with Gasteiger partial charge in [-0.3, -0.25) is 9.69 Å². The van der Waals surface area contributed by atoms with Gasteiger partial charge in [0.1, 0.15) is 17.3 Å². The average molecular weight is 316 g/mol. The second-order valence-corrected chi connectivity index (χ2v) is 5.83. The number of benzene rings is 1. The largest absolute Gasteiger partial charge is 0.484 e. The van der Waals surface area contributed by atoms with E-state index in [1.54, 1.807) is 0 Å². The number of hydrogen-bond donors (Lipinski definition) is 1. The number of nitrogens with one attached hydrogen (secondary N) is 1. The minimum Gasteiger partial charge on any atom is -0.484 e. The van der Waals surface area contributed by atoms with Gasteiger partial charge in [-0.05, 0) is 52.2 Å². The highest BCUT2D eigenvalue weighted by Gasteiger charge is 2.18. The van der Waals surface area contributed by atoms with Crippen molar-refractivity contribution in [2.24, 2.45) is 0 Å². The number of aryl methyl sites for hydroxylation is 2. The van der Waals surface area contributed by atoms with E-state index in [0.717, 1.165) is 17.1 Å². The maximum absolute atomic E-state index is 12.0. The second kappa shape index (κ2) is 7.83. The van der Waals surface area contributed by atoms with Crippen molar-refractivity contribution in [2.45, 2.75) is 19.9 Å². The molecule has 1 aromatic carbocycles. The fourth-order valence-electron chi connectivity index (χ4n) is 2.22. The summed E-state index contributed by atoms with van der Waals surface area (Å²) in [5, 5.41) is 2.89. The zero-order valence-corrected chi connectivity index (χ0v) is 14.1. The summed E-state index contributed by atoms with van der Waals surface area (Å²) in [4.78, 5) is 14.0. The summed E-state index contributed by atoms with van der Waals surface area (Å²) in [6.45, 7) is 4.38. The van der Waals surface area contributed by atoms with Gasteiger partial charge in [0.2, 0.25) is 0 Å². The predicted octanol–water partition coefficient (Wildman–Crippen LogP) is 2.69. The van der Waals surface area contributed by atoms with Crippen LogP contribution in [0.4, 0.5) is 0 Å². The molecule has 5 heteroatoms. The maximum atomic E-state index is 12.0. The first-order valence-electron chi connectivity index (χ1n) is 7.64. The van der Waals surface area contributed by atoms with Gasteiger partial charge in [0.15, 0.2) is 6.61 Å². The lowest BCUT2D eigenvalue weighted by atomic mass is 10.2. The Morgan fingerprint density at radius 2 is 1.87 bits per heavy atom. The first-order valence-corrected chi connectivity index (χ1v) is 7.64. The van der Waals surface area contributed by atoms with Crippen molar-refractivity contribution in [1.29, 1.82) is 0 Å². The molecule has 0 spiro atoms. The third-order valence-corrected chi connectivity index (χ3v) is 3.60. The smallest absolute Gasteiger partial charge is 0.258 e. The Morgan fingerprint density at radius 1 is 1.17 bits per heavy atom. The molecule has 0 aliphatic rings. The van der Waals surface area contributed by atoms with E-state index in [1.807, 2.05) is 69.2 Å². The average Bonchev–Trinajstić information content (AvgIpc) is 2.93. The summed E-state index contributed by atoms with van der Waals surface area (Å²) in [5.41, 5.74) is 1.16. The lowest BCUT2D eigenvalue weighted by Gasteiger charge is -2.22. The van der Waals surface area contributed by atoms with Crippen molar-refractivity contribution in [3.05, 3.63) is 53.5 Å². The van der Waals surface area contributed by atoms with Crippen molar-refractivity contribution in [3.63, 3.8) is 0 Å². The van der Waals surface area contributed by atoms with E-state index in [4.69, 9.17) is 9.15 Å². The molecule has 1 atom stereocenters. The SMILES string of the molecule is Cc1ccc(OCC(=O)NC[C@H](c2ccc(C)o2)N(C)C)cc1. The number of amides is 1. The Hall–Kier alpha value is -2.27. The van der Waals surface area contributed by atoms with Gasteiger partial charge in [-0.15, -0.1) is 0 Å². The van der Waals surface area contributed by atoms with Crippen LogP contribution >= 0.6 is 0 Å². The molecule has 124 valence electrons. The van der Waals surface area contributed by atoms with E-state index < -0.39 is 0 Å². The molecule has 0 unspecified atom stereocenters. The van der Waals surface area contributed by atoms with Crippen molar-refractivity contribution in [2.75, 3.05) is 27.2 Å². The standard InChI is InChI=1S/C18H24N2O3/c1-13-5-8-15(9-6-13)22-12-18(21)19-11-16(20(3)4)17-10-7-14(2)23-17/h5-10,16H,11-12H2,1-4H3,(H,19,21)/t16-/m1/s1. The Labute approximate surface area is 137 Å². The van der Waals surface area contributed by atoms with Gasteiger partial charge in [0.25, 0.3) is 5.91 Å². The number of likely N-dealkylation sites (N-methyl/N-ethyl adjacent to an activating group) is 1. The van der Waals surface area contributed by atoms with E-state index >= 15 is 0 Å². The predicted molar refractivity (Wildman–Crippen MR) is 89.6 cm³/mol. The molecule has 1 N–H and O–H groups in total. The first kappa shape index (κ1) is 17.1. The Balaban J connectivity index is 1.83. The Morgan fingerprint density at radius 3 is 2.43 bits per heavy atom. The summed E-state index contributed by atoms with van der Waals surface area (Å²) in [6, 6.07) is 11.5. The van der Waals surface area contributed by atoms with Crippen molar-refractivity contribution in [1.82, 2.24) is 10.2 Å². The lowest BCUT2D eigenvalue weighted by Crippen LogP contribution is -2.36. The molecule has 0 fully saturated rings. The molecule has 2 aromatic rings. The molecule has 0 aliphatic carbocycles. The van der Waals surface area contributed by atoms with Crippen molar-refractivity contribution in [3.8, 4) is 5.75 Å². The monoisotopic (exact) mass is 316 g/mol. The topological polar surface area (TPSA) is 54.7 Å². The van der Waals surface area contributed by atoms with Crippen LogP contribution in [0.1, 0.15) is 23.1 Å². The molecule has 1 aromatic heterocycles. The van der Waals surface area contributed by atoms with E-state index in [1.165, 1.54) is 0 Å². The van der Waals surface area contributed by atoms with E-state index in [2.05, 4.69) is 5.32 Å². The zero-order valence-electron chi connectivity index (χ0n) is 14.1. The molecule has 1 heterocycles. The van der Waals surface area contributed by atoms with E-state index in [-0.39, 0.29) is 18.6 Å². The Bertz CT molecular complexity index is 632. The fraction of sp³-hybridized carbons (Fsp3) is 0.389. The highest BCUT2D eigenvalue weighted by Crippen LogP contribution is 2.19. The third-order valence-electron chi connectivity index (χ3n) is 3.60. The third kappa shape index (κ3) is 5.14. The molecule has 5 nitrogen and oxygen atoms in total. The molecule has 0 saturated carbocycles. The van der Waals surface area contributed by atoms with Crippen molar-refractivity contribution >= 4 is 5.91 Å². The van der Waals surface area contributed by atoms with Crippen LogP contribution in [-0.2, 0) is 4.79 Å². The fourth-order valence-corrected chi connectivity index (χ4v) is 2.22. The van der Waals surface area contributed by atoms with Gasteiger partial charge in [0, 0.05) is 6.54 Å². The molecule has 23 heavy (non-hydrogen) atoms. The lowest BCUT2D eigenvalue weighted by molar-refractivity contribution is -0.123. The Kier molecular flexibility index (Phi) is 5.82. The van der Waals surface area contributed by atoms with Crippen LogP contribution in [0.3, 0.4) is 0 Å². The number of rotatable bonds is 7. The van der Waals surface area contributed by atoms with Crippen LogP contribution < -0.4 is 10.1 Å². The minimum absolute atomic E-state index is 0.000389. The quantitative estimate of drug-likeness (QED) is 0.853. The number of carbonyl (C=O) groups is 1. The van der Waals surface area contributed by atoms with Gasteiger partial charge in [0.05, 0.1) is 6.04 Å². The summed E-state index contributed by atoms with van der Waals surface area (Å²) in [6.07, 6.45) is 0. The van der Waals surface area contributed by atoms with Gasteiger partial charge in [-0.25, -0.2) is 0 Å². The molecule has 1 amide bonds. The minimum atomic E-state index is -0.152. The molecule has 0 aliphatic heterocycles. The van der Waals surface area contributed by atoms with Crippen LogP contribution in [-0.4, -0.2) is 38.1 Å². The molecule has 0 saturated heterocycles. The number of carbonyl (C=O) groups excluding carboxylic acids is 1. The highest BCUT2D eigenvalue weighted by atomic mass is 16.5. The maximum Gasteiger partial charge on any atom is 0.258 e. The number of ether oxygens (including phenoxy) is 1. The van der Waals surface area contributed by atoms with Crippen LogP contribution in [0, 0.1) is 13.8 Å². The summed E-state index contributed by atoms with van der Waals surface area (Å²) < 4.78 is 11.1. The van der Waals surface area contributed by atoms with Gasteiger partial charge >= 0.3 is 0 Å². The molecule has 0 bridgehead atoms. The number of furan rings is 1. The molecule has 2 rings (SSSR count). The van der Waals surface area contributed by atoms with Gasteiger partial charge < -0.3 is 14.5 Å². The van der Waals surface area contributed by atoms with E-state index in [9.17, 15) is 4.79 Å².